The van der Waals surface area contributed by atoms with Gasteiger partial charge in [-0.15, -0.1) is 0 Å². The van der Waals surface area contributed by atoms with E-state index in [1.165, 1.54) is 7.11 Å². The minimum Gasteiger partial charge on any atom is -0.496 e. The number of rotatable bonds is 4. The summed E-state index contributed by atoms with van der Waals surface area (Å²) in [5.41, 5.74) is 0.509. The predicted molar refractivity (Wildman–Crippen MR) is 69.5 cm³/mol. The highest BCUT2D eigenvalue weighted by Crippen LogP contribution is 2.19. The standard InChI is InChI=1S/C14H12F2N2O2/c1-20-11-5-3-2-4-9(11)8-13(19)17-10-6-7-12(15)18-14(10)16/h2-7H,8H2,1H3,(H,17,19). The highest BCUT2D eigenvalue weighted by Gasteiger charge is 2.11. The lowest BCUT2D eigenvalue weighted by Crippen LogP contribution is -2.16. The summed E-state index contributed by atoms with van der Waals surface area (Å²) in [6, 6.07) is 9.11. The highest BCUT2D eigenvalue weighted by atomic mass is 19.1. The van der Waals surface area contributed by atoms with E-state index >= 15 is 0 Å². The molecule has 4 nitrogen and oxygen atoms in total. The third kappa shape index (κ3) is 3.28. The van der Waals surface area contributed by atoms with Gasteiger partial charge < -0.3 is 10.1 Å². The van der Waals surface area contributed by atoms with Crippen LogP contribution in [0, 0.1) is 11.9 Å². The summed E-state index contributed by atoms with van der Waals surface area (Å²) in [7, 11) is 1.50. The molecule has 1 amide bonds. The molecule has 2 rings (SSSR count). The number of hydrogen-bond donors (Lipinski definition) is 1. The topological polar surface area (TPSA) is 51.2 Å². The number of amides is 1. The maximum Gasteiger partial charge on any atom is 0.239 e. The molecule has 6 heteroatoms. The number of ether oxygens (including phenoxy) is 1. The van der Waals surface area contributed by atoms with Crippen LogP contribution >= 0.6 is 0 Å². The number of anilines is 1. The maximum absolute atomic E-state index is 13.3. The Morgan fingerprint density at radius 3 is 2.70 bits per heavy atom. The molecule has 0 atom stereocenters. The van der Waals surface area contributed by atoms with E-state index in [0.717, 1.165) is 12.1 Å². The first-order valence-electron chi connectivity index (χ1n) is 5.84. The van der Waals surface area contributed by atoms with Crippen molar-refractivity contribution in [1.29, 1.82) is 0 Å². The van der Waals surface area contributed by atoms with Gasteiger partial charge in [-0.25, -0.2) is 0 Å². The summed E-state index contributed by atoms with van der Waals surface area (Å²) in [6.45, 7) is 0. The van der Waals surface area contributed by atoms with Crippen molar-refractivity contribution in [2.45, 2.75) is 6.42 Å². The molecule has 0 fully saturated rings. The number of carbonyl (C=O) groups excluding carboxylic acids is 1. The van der Waals surface area contributed by atoms with Gasteiger partial charge in [0.1, 0.15) is 5.75 Å². The molecule has 0 radical (unpaired) electrons. The third-order valence-corrected chi connectivity index (χ3v) is 2.63. The number of para-hydroxylation sites is 1. The molecule has 1 heterocycles. The lowest BCUT2D eigenvalue weighted by atomic mass is 10.1. The first kappa shape index (κ1) is 13.9. The average molecular weight is 278 g/mol. The number of methoxy groups -OCH3 is 1. The number of pyridine rings is 1. The molecule has 1 aromatic heterocycles. The van der Waals surface area contributed by atoms with E-state index in [0.29, 0.717) is 11.3 Å². The van der Waals surface area contributed by atoms with Crippen LogP contribution in [0.5, 0.6) is 5.75 Å². The van der Waals surface area contributed by atoms with Crippen LogP contribution in [0.2, 0.25) is 0 Å². The lowest BCUT2D eigenvalue weighted by molar-refractivity contribution is -0.115. The molecule has 0 bridgehead atoms. The Morgan fingerprint density at radius 2 is 2.00 bits per heavy atom. The van der Waals surface area contributed by atoms with Crippen LogP contribution in [0.1, 0.15) is 5.56 Å². The SMILES string of the molecule is COc1ccccc1CC(=O)Nc1ccc(F)nc1F. The number of hydrogen-bond acceptors (Lipinski definition) is 3. The van der Waals surface area contributed by atoms with Crippen LogP contribution in [-0.4, -0.2) is 18.0 Å². The molecule has 20 heavy (non-hydrogen) atoms. The molecule has 0 saturated heterocycles. The van der Waals surface area contributed by atoms with Gasteiger partial charge in [-0.3, -0.25) is 4.79 Å². The van der Waals surface area contributed by atoms with Crippen LogP contribution in [0.15, 0.2) is 36.4 Å². The molecule has 0 aliphatic rings. The van der Waals surface area contributed by atoms with Crippen LogP contribution in [0.25, 0.3) is 0 Å². The number of halogens is 2. The number of benzene rings is 1. The average Bonchev–Trinajstić information content (AvgIpc) is 2.42. The van der Waals surface area contributed by atoms with Crippen molar-refractivity contribution in [2.24, 2.45) is 0 Å². The van der Waals surface area contributed by atoms with E-state index in [1.54, 1.807) is 24.3 Å². The summed E-state index contributed by atoms with van der Waals surface area (Å²) in [4.78, 5) is 14.8. The Balaban J connectivity index is 2.09. The minimum absolute atomic E-state index is 0.0147. The molecule has 1 N–H and O–H groups in total. The van der Waals surface area contributed by atoms with Crippen molar-refractivity contribution >= 4 is 11.6 Å². The minimum atomic E-state index is -1.06. The Hall–Kier alpha value is -2.50. The van der Waals surface area contributed by atoms with E-state index in [2.05, 4.69) is 10.3 Å². The van der Waals surface area contributed by atoms with Crippen molar-refractivity contribution in [3.8, 4) is 5.75 Å². The Morgan fingerprint density at radius 1 is 1.25 bits per heavy atom. The van der Waals surface area contributed by atoms with Gasteiger partial charge in [0, 0.05) is 5.56 Å². The molecular weight excluding hydrogens is 266 g/mol. The lowest BCUT2D eigenvalue weighted by Gasteiger charge is -2.09. The van der Waals surface area contributed by atoms with Gasteiger partial charge in [-0.1, -0.05) is 18.2 Å². The second-order valence-electron chi connectivity index (χ2n) is 4.01. The largest absolute Gasteiger partial charge is 0.496 e. The summed E-state index contributed by atoms with van der Waals surface area (Å²) < 4.78 is 31.1. The Bertz CT molecular complexity index is 632. The van der Waals surface area contributed by atoms with Gasteiger partial charge in [-0.2, -0.15) is 13.8 Å². The van der Waals surface area contributed by atoms with Gasteiger partial charge in [-0.05, 0) is 18.2 Å². The molecular formula is C14H12F2N2O2. The van der Waals surface area contributed by atoms with Gasteiger partial charge in [0.15, 0.2) is 0 Å². The molecule has 0 aliphatic heterocycles. The van der Waals surface area contributed by atoms with Crippen molar-refractivity contribution in [3.63, 3.8) is 0 Å². The van der Waals surface area contributed by atoms with Crippen LogP contribution in [0.3, 0.4) is 0 Å². The molecule has 0 spiro atoms. The maximum atomic E-state index is 13.3. The van der Waals surface area contributed by atoms with Gasteiger partial charge in [0.05, 0.1) is 19.2 Å². The summed E-state index contributed by atoms with van der Waals surface area (Å²) >= 11 is 0. The van der Waals surface area contributed by atoms with E-state index in [-0.39, 0.29) is 12.1 Å². The van der Waals surface area contributed by atoms with E-state index < -0.39 is 17.8 Å². The van der Waals surface area contributed by atoms with E-state index in [1.807, 2.05) is 0 Å². The van der Waals surface area contributed by atoms with Crippen molar-refractivity contribution in [2.75, 3.05) is 12.4 Å². The van der Waals surface area contributed by atoms with Gasteiger partial charge in [0.25, 0.3) is 0 Å². The number of aromatic nitrogens is 1. The summed E-state index contributed by atoms with van der Waals surface area (Å²) in [6.07, 6.45) is 0.0147. The van der Waals surface area contributed by atoms with Crippen molar-refractivity contribution < 1.29 is 18.3 Å². The second kappa shape index (κ2) is 6.10. The summed E-state index contributed by atoms with van der Waals surface area (Å²) in [5.74, 6) is -1.87. The van der Waals surface area contributed by atoms with Gasteiger partial charge in [0.2, 0.25) is 17.8 Å². The normalized spacial score (nSPS) is 10.2. The van der Waals surface area contributed by atoms with Crippen LogP contribution in [-0.2, 0) is 11.2 Å². The number of nitrogens with zero attached hydrogens (tertiary/aromatic N) is 1. The quantitative estimate of drug-likeness (QED) is 0.874. The van der Waals surface area contributed by atoms with E-state index in [9.17, 15) is 13.6 Å². The molecule has 1 aromatic carbocycles. The highest BCUT2D eigenvalue weighted by molar-refractivity contribution is 5.92. The zero-order valence-corrected chi connectivity index (χ0v) is 10.7. The number of nitrogens with one attached hydrogen (secondary N) is 1. The van der Waals surface area contributed by atoms with Crippen molar-refractivity contribution in [1.82, 2.24) is 4.98 Å². The van der Waals surface area contributed by atoms with E-state index in [4.69, 9.17) is 4.74 Å². The van der Waals surface area contributed by atoms with Crippen LogP contribution in [0.4, 0.5) is 14.5 Å². The second-order valence-corrected chi connectivity index (χ2v) is 4.01. The zero-order chi connectivity index (χ0) is 14.5. The Labute approximate surface area is 114 Å². The molecule has 0 aliphatic carbocycles. The fraction of sp³-hybridized carbons (Fsp3) is 0.143. The molecule has 2 aromatic rings. The molecule has 0 unspecified atom stereocenters. The van der Waals surface area contributed by atoms with Crippen molar-refractivity contribution in [3.05, 3.63) is 53.9 Å². The predicted octanol–water partition coefficient (Wildman–Crippen LogP) is 2.55. The zero-order valence-electron chi connectivity index (χ0n) is 10.7. The first-order chi connectivity index (χ1) is 9.60. The first-order valence-corrected chi connectivity index (χ1v) is 5.84. The summed E-state index contributed by atoms with van der Waals surface area (Å²) in [5, 5.41) is 2.34. The van der Waals surface area contributed by atoms with Gasteiger partial charge >= 0.3 is 0 Å². The fourth-order valence-electron chi connectivity index (χ4n) is 1.72. The molecule has 0 saturated carbocycles. The fourth-order valence-corrected chi connectivity index (χ4v) is 1.72. The Kier molecular flexibility index (Phi) is 4.24. The molecule has 104 valence electrons. The smallest absolute Gasteiger partial charge is 0.239 e. The van der Waals surface area contributed by atoms with Crippen LogP contribution < -0.4 is 10.1 Å². The number of carbonyl (C=O) groups is 1. The third-order valence-electron chi connectivity index (χ3n) is 2.63. The monoisotopic (exact) mass is 278 g/mol.